The van der Waals surface area contributed by atoms with Crippen LogP contribution in [0.1, 0.15) is 60.5 Å². The molecule has 8 nitrogen and oxygen atoms in total. The normalized spacial score (nSPS) is 14.1. The Labute approximate surface area is 208 Å². The highest BCUT2D eigenvalue weighted by Crippen LogP contribution is 2.31. The number of aromatic nitrogens is 1. The first kappa shape index (κ1) is 26.8. The van der Waals surface area contributed by atoms with Crippen molar-refractivity contribution in [3.63, 3.8) is 0 Å². The number of halogens is 2. The number of nitrogens with one attached hydrogen (secondary N) is 1. The number of aryl methyl sites for hydroxylation is 1. The molecule has 1 aromatic carbocycles. The van der Waals surface area contributed by atoms with Crippen molar-refractivity contribution < 1.29 is 23.1 Å². The van der Waals surface area contributed by atoms with Gasteiger partial charge in [0.1, 0.15) is 28.8 Å². The first-order valence-corrected chi connectivity index (χ1v) is 12.7. The molecule has 3 amide bonds. The molecule has 0 atom stereocenters. The molecular weight excluding hydrogens is 476 g/mol. The number of hydrogen-bond acceptors (Lipinski definition) is 6. The molecule has 0 spiro atoms. The van der Waals surface area contributed by atoms with Crippen LogP contribution < -0.4 is 15.8 Å². The average molecular weight is 510 g/mol. The lowest BCUT2D eigenvalue weighted by Crippen LogP contribution is -2.36. The lowest BCUT2D eigenvalue weighted by atomic mass is 10.1. The smallest absolute Gasteiger partial charge is 0.322 e. The Hall–Kier alpha value is -2.79. The zero-order chi connectivity index (χ0) is 25.4. The highest BCUT2D eigenvalue weighted by atomic mass is 32.1. The van der Waals surface area contributed by atoms with Crippen molar-refractivity contribution >= 4 is 28.5 Å². The number of primary amides is 1. The van der Waals surface area contributed by atoms with E-state index in [0.29, 0.717) is 13.1 Å². The van der Waals surface area contributed by atoms with Gasteiger partial charge in [0.25, 0.3) is 5.91 Å². The predicted octanol–water partition coefficient (Wildman–Crippen LogP) is 4.53. The number of piperidine rings is 1. The van der Waals surface area contributed by atoms with Gasteiger partial charge in [-0.15, -0.1) is 0 Å². The van der Waals surface area contributed by atoms with Crippen LogP contribution in [0.5, 0.6) is 5.88 Å². The van der Waals surface area contributed by atoms with Crippen LogP contribution in [0.3, 0.4) is 0 Å². The molecule has 35 heavy (non-hydrogen) atoms. The lowest BCUT2D eigenvalue weighted by Gasteiger charge is -2.27. The van der Waals surface area contributed by atoms with Gasteiger partial charge in [-0.1, -0.05) is 6.42 Å². The van der Waals surface area contributed by atoms with Gasteiger partial charge in [0.05, 0.1) is 0 Å². The third-order valence-corrected chi connectivity index (χ3v) is 6.84. The van der Waals surface area contributed by atoms with Gasteiger partial charge in [-0.2, -0.15) is 4.37 Å². The van der Waals surface area contributed by atoms with E-state index >= 15 is 0 Å². The SMILES string of the molecule is CCN(CCCCN1CCCCC1)C(=O)Nc1snc(OCc2cc(F)c(C)cc2F)c1C(N)=O. The second kappa shape index (κ2) is 12.8. The Morgan fingerprint density at radius 2 is 1.94 bits per heavy atom. The largest absolute Gasteiger partial charge is 0.471 e. The molecule has 0 bridgehead atoms. The fourth-order valence-electron chi connectivity index (χ4n) is 4.02. The molecule has 1 aliphatic rings. The number of urea groups is 1. The summed E-state index contributed by atoms with van der Waals surface area (Å²) in [5.74, 6) is -2.18. The number of hydrogen-bond donors (Lipinski definition) is 2. The van der Waals surface area contributed by atoms with Gasteiger partial charge in [-0.05, 0) is 88.4 Å². The van der Waals surface area contributed by atoms with E-state index in [1.54, 1.807) is 4.90 Å². The predicted molar refractivity (Wildman–Crippen MR) is 132 cm³/mol. The van der Waals surface area contributed by atoms with Crippen LogP contribution in [0.25, 0.3) is 0 Å². The van der Waals surface area contributed by atoms with Gasteiger partial charge >= 0.3 is 6.03 Å². The number of nitrogens with two attached hydrogens (primary N) is 1. The van der Waals surface area contributed by atoms with E-state index in [4.69, 9.17) is 10.5 Å². The monoisotopic (exact) mass is 509 g/mol. The Balaban J connectivity index is 1.57. The third kappa shape index (κ3) is 7.35. The first-order valence-electron chi connectivity index (χ1n) is 11.9. The summed E-state index contributed by atoms with van der Waals surface area (Å²) in [6.45, 7) is 7.41. The molecule has 1 fully saturated rings. The van der Waals surface area contributed by atoms with E-state index in [1.807, 2.05) is 6.92 Å². The van der Waals surface area contributed by atoms with E-state index in [0.717, 1.165) is 56.1 Å². The van der Waals surface area contributed by atoms with E-state index in [-0.39, 0.29) is 40.2 Å². The summed E-state index contributed by atoms with van der Waals surface area (Å²) in [5, 5.41) is 2.85. The number of anilines is 1. The maximum Gasteiger partial charge on any atom is 0.322 e. The van der Waals surface area contributed by atoms with Gasteiger partial charge in [0.15, 0.2) is 0 Å². The number of rotatable bonds is 11. The topological polar surface area (TPSA) is 101 Å². The van der Waals surface area contributed by atoms with E-state index in [9.17, 15) is 18.4 Å². The molecule has 0 radical (unpaired) electrons. The minimum Gasteiger partial charge on any atom is -0.471 e. The fraction of sp³-hybridized carbons (Fsp3) is 0.542. The summed E-state index contributed by atoms with van der Waals surface area (Å²) in [6.07, 6.45) is 5.69. The minimum absolute atomic E-state index is 0.0242. The number of ether oxygens (including phenoxy) is 1. The maximum absolute atomic E-state index is 14.1. The van der Waals surface area contributed by atoms with Crippen molar-refractivity contribution in [3.05, 3.63) is 40.5 Å². The molecule has 0 aliphatic carbocycles. The average Bonchev–Trinajstić information content (AvgIpc) is 3.23. The number of likely N-dealkylation sites (tertiary alicyclic amines) is 1. The van der Waals surface area contributed by atoms with E-state index in [1.165, 1.54) is 26.2 Å². The summed E-state index contributed by atoms with van der Waals surface area (Å²) in [7, 11) is 0. The zero-order valence-electron chi connectivity index (χ0n) is 20.2. The molecule has 1 aromatic heterocycles. The zero-order valence-corrected chi connectivity index (χ0v) is 21.1. The Morgan fingerprint density at radius 1 is 1.20 bits per heavy atom. The molecule has 3 N–H and O–H groups in total. The summed E-state index contributed by atoms with van der Waals surface area (Å²) < 4.78 is 37.4. The van der Waals surface area contributed by atoms with Crippen molar-refractivity contribution in [2.75, 3.05) is 38.0 Å². The van der Waals surface area contributed by atoms with Gasteiger partial charge in [0.2, 0.25) is 5.88 Å². The van der Waals surface area contributed by atoms with Crippen LogP contribution in [0.15, 0.2) is 12.1 Å². The molecule has 192 valence electrons. The first-order chi connectivity index (χ1) is 16.8. The van der Waals surface area contributed by atoms with Crippen molar-refractivity contribution in [2.45, 2.75) is 52.6 Å². The molecule has 2 aromatic rings. The molecule has 0 saturated carbocycles. The van der Waals surface area contributed by atoms with E-state index in [2.05, 4.69) is 14.6 Å². The van der Waals surface area contributed by atoms with Gasteiger partial charge in [0, 0.05) is 18.7 Å². The van der Waals surface area contributed by atoms with Crippen LogP contribution >= 0.6 is 11.5 Å². The van der Waals surface area contributed by atoms with Crippen LogP contribution in [-0.4, -0.2) is 58.8 Å². The Kier molecular flexibility index (Phi) is 9.79. The second-order valence-electron chi connectivity index (χ2n) is 8.66. The van der Waals surface area contributed by atoms with Gasteiger partial charge in [-0.3, -0.25) is 10.1 Å². The number of carbonyl (C=O) groups excluding carboxylic acids is 2. The highest BCUT2D eigenvalue weighted by Gasteiger charge is 2.24. The Morgan fingerprint density at radius 3 is 2.63 bits per heavy atom. The standard InChI is InChI=1S/C24H33F2N5O3S/c1-3-31(12-8-7-11-30-9-5-4-6-10-30)24(33)28-23-20(21(27)32)22(29-35-23)34-15-17-14-18(25)16(2)13-19(17)26/h13-14H,3-12,15H2,1-2H3,(H2,27,32)(H,28,33). The van der Waals surface area contributed by atoms with Gasteiger partial charge < -0.3 is 20.3 Å². The number of amides is 3. The van der Waals surface area contributed by atoms with Crippen molar-refractivity contribution in [1.82, 2.24) is 14.2 Å². The molecule has 1 saturated heterocycles. The summed E-state index contributed by atoms with van der Waals surface area (Å²) in [5.41, 5.74) is 5.55. The van der Waals surface area contributed by atoms with E-state index < -0.39 is 17.5 Å². The minimum atomic E-state index is -0.843. The molecule has 3 rings (SSSR count). The third-order valence-electron chi connectivity index (χ3n) is 6.09. The molecule has 2 heterocycles. The van der Waals surface area contributed by atoms with Crippen LogP contribution in [0.4, 0.5) is 18.6 Å². The van der Waals surface area contributed by atoms with Crippen LogP contribution in [0, 0.1) is 18.6 Å². The number of unbranched alkanes of at least 4 members (excludes halogenated alkanes) is 1. The summed E-state index contributed by atoms with van der Waals surface area (Å²) in [4.78, 5) is 29.0. The second-order valence-corrected chi connectivity index (χ2v) is 9.43. The van der Waals surface area contributed by atoms with Crippen LogP contribution in [-0.2, 0) is 6.61 Å². The lowest BCUT2D eigenvalue weighted by molar-refractivity contribution is 0.0996. The van der Waals surface area contributed by atoms with Crippen molar-refractivity contribution in [2.24, 2.45) is 5.73 Å². The van der Waals surface area contributed by atoms with Gasteiger partial charge in [-0.25, -0.2) is 13.6 Å². The number of carbonyl (C=O) groups is 2. The summed E-state index contributed by atoms with van der Waals surface area (Å²) >= 11 is 0.844. The number of benzene rings is 1. The summed E-state index contributed by atoms with van der Waals surface area (Å²) in [6, 6.07) is 1.74. The maximum atomic E-state index is 14.1. The quantitative estimate of drug-likeness (QED) is 0.434. The van der Waals surface area contributed by atoms with Crippen LogP contribution in [0.2, 0.25) is 0 Å². The highest BCUT2D eigenvalue weighted by molar-refractivity contribution is 7.11. The van der Waals surface area contributed by atoms with Crippen molar-refractivity contribution in [3.8, 4) is 5.88 Å². The number of nitrogens with zero attached hydrogens (tertiary/aromatic N) is 3. The molecular formula is C24H33F2N5O3S. The molecule has 0 unspecified atom stereocenters. The molecule has 11 heteroatoms. The van der Waals surface area contributed by atoms with Crippen molar-refractivity contribution in [1.29, 1.82) is 0 Å². The molecule has 1 aliphatic heterocycles. The Bertz CT molecular complexity index is 1030. The fourth-order valence-corrected chi connectivity index (χ4v) is 4.75.